The molecule has 0 saturated carbocycles. The van der Waals surface area contributed by atoms with Gasteiger partial charge in [-0.15, -0.1) is 0 Å². The molecule has 1 nitrogen and oxygen atoms in total. The number of benzene rings is 1. The van der Waals surface area contributed by atoms with Gasteiger partial charge in [-0.25, -0.2) is 4.39 Å². The summed E-state index contributed by atoms with van der Waals surface area (Å²) in [5.41, 5.74) is 1.53. The van der Waals surface area contributed by atoms with Crippen molar-refractivity contribution in [2.45, 2.75) is 38.7 Å². The molecule has 1 aromatic carbocycles. The minimum atomic E-state index is -0.0700. The van der Waals surface area contributed by atoms with E-state index in [1.807, 2.05) is 32.0 Å². The monoisotopic (exact) mass is 208 g/mol. The predicted octanol–water partition coefficient (Wildman–Crippen LogP) is 3.80. The van der Waals surface area contributed by atoms with Gasteiger partial charge < -0.3 is 4.74 Å². The van der Waals surface area contributed by atoms with Crippen molar-refractivity contribution < 1.29 is 9.13 Å². The van der Waals surface area contributed by atoms with Crippen LogP contribution in [0.1, 0.15) is 49.8 Å². The normalized spacial score (nSPS) is 21.2. The Balaban J connectivity index is 2.34. The van der Waals surface area contributed by atoms with E-state index in [1.54, 1.807) is 0 Å². The van der Waals surface area contributed by atoms with Crippen molar-refractivity contribution >= 4 is 0 Å². The SMILES string of the molecule is CC(C)c1cccc(C2CCCO2)c1F. The standard InChI is InChI=1S/C13H17FO/c1-9(2)10-5-3-6-11(13(10)14)12-7-4-8-15-12/h3,5-6,9,12H,4,7-8H2,1-2H3. The molecule has 0 aliphatic carbocycles. The van der Waals surface area contributed by atoms with Crippen LogP contribution < -0.4 is 0 Å². The maximum atomic E-state index is 14.1. The molecular formula is C13H17FO. The topological polar surface area (TPSA) is 9.23 Å². The van der Waals surface area contributed by atoms with Gasteiger partial charge in [0, 0.05) is 12.2 Å². The molecule has 1 saturated heterocycles. The van der Waals surface area contributed by atoms with E-state index >= 15 is 0 Å². The summed E-state index contributed by atoms with van der Waals surface area (Å²) in [7, 11) is 0. The zero-order chi connectivity index (χ0) is 10.8. The molecule has 0 N–H and O–H groups in total. The van der Waals surface area contributed by atoms with Gasteiger partial charge in [0.1, 0.15) is 5.82 Å². The van der Waals surface area contributed by atoms with Gasteiger partial charge in [0.05, 0.1) is 6.10 Å². The van der Waals surface area contributed by atoms with Crippen LogP contribution in [0.2, 0.25) is 0 Å². The summed E-state index contributed by atoms with van der Waals surface area (Å²) in [6.07, 6.45) is 1.96. The van der Waals surface area contributed by atoms with Crippen LogP contribution in [0.3, 0.4) is 0 Å². The summed E-state index contributed by atoms with van der Waals surface area (Å²) < 4.78 is 19.6. The summed E-state index contributed by atoms with van der Waals surface area (Å²) in [6.45, 7) is 4.78. The fourth-order valence-electron chi connectivity index (χ4n) is 2.09. The summed E-state index contributed by atoms with van der Waals surface area (Å²) in [4.78, 5) is 0. The van der Waals surface area contributed by atoms with Gasteiger partial charge in [-0.1, -0.05) is 32.0 Å². The van der Waals surface area contributed by atoms with E-state index in [0.29, 0.717) is 0 Å². The lowest BCUT2D eigenvalue weighted by Crippen LogP contribution is -2.03. The zero-order valence-electron chi connectivity index (χ0n) is 9.29. The number of halogens is 1. The highest BCUT2D eigenvalue weighted by Gasteiger charge is 2.22. The van der Waals surface area contributed by atoms with Crippen molar-refractivity contribution in [1.29, 1.82) is 0 Å². The Kier molecular flexibility index (Phi) is 3.06. The Morgan fingerprint density at radius 2 is 2.20 bits per heavy atom. The van der Waals surface area contributed by atoms with Crippen LogP contribution in [0.15, 0.2) is 18.2 Å². The Hall–Kier alpha value is -0.890. The zero-order valence-corrected chi connectivity index (χ0v) is 9.29. The van der Waals surface area contributed by atoms with Gasteiger partial charge >= 0.3 is 0 Å². The quantitative estimate of drug-likeness (QED) is 0.718. The largest absolute Gasteiger partial charge is 0.373 e. The van der Waals surface area contributed by atoms with Crippen molar-refractivity contribution in [1.82, 2.24) is 0 Å². The molecule has 1 aliphatic heterocycles. The highest BCUT2D eigenvalue weighted by atomic mass is 19.1. The molecule has 0 radical (unpaired) electrons. The molecule has 1 aromatic rings. The fourth-order valence-corrected chi connectivity index (χ4v) is 2.09. The van der Waals surface area contributed by atoms with Crippen LogP contribution >= 0.6 is 0 Å². The number of hydrogen-bond acceptors (Lipinski definition) is 1. The summed E-state index contributed by atoms with van der Waals surface area (Å²) in [5, 5.41) is 0. The first-order chi connectivity index (χ1) is 7.20. The maximum absolute atomic E-state index is 14.1. The van der Waals surface area contributed by atoms with Gasteiger partial charge in [-0.3, -0.25) is 0 Å². The lowest BCUT2D eigenvalue weighted by atomic mass is 9.97. The van der Waals surface area contributed by atoms with Crippen LogP contribution in [-0.4, -0.2) is 6.61 Å². The van der Waals surface area contributed by atoms with E-state index in [2.05, 4.69) is 0 Å². The minimum Gasteiger partial charge on any atom is -0.373 e. The van der Waals surface area contributed by atoms with Crippen molar-refractivity contribution in [2.75, 3.05) is 6.61 Å². The first-order valence-corrected chi connectivity index (χ1v) is 5.60. The van der Waals surface area contributed by atoms with E-state index in [1.165, 1.54) is 0 Å². The van der Waals surface area contributed by atoms with Crippen LogP contribution in [0.4, 0.5) is 4.39 Å². The molecule has 1 atom stereocenters. The summed E-state index contributed by atoms with van der Waals surface area (Å²) >= 11 is 0. The van der Waals surface area contributed by atoms with Gasteiger partial charge in [-0.05, 0) is 24.3 Å². The van der Waals surface area contributed by atoms with E-state index in [0.717, 1.165) is 30.6 Å². The molecule has 15 heavy (non-hydrogen) atoms. The van der Waals surface area contributed by atoms with Crippen molar-refractivity contribution in [2.24, 2.45) is 0 Å². The van der Waals surface area contributed by atoms with Crippen LogP contribution in [0.5, 0.6) is 0 Å². The lowest BCUT2D eigenvalue weighted by molar-refractivity contribution is 0.109. The van der Waals surface area contributed by atoms with Gasteiger partial charge in [-0.2, -0.15) is 0 Å². The molecular weight excluding hydrogens is 191 g/mol. The molecule has 2 heteroatoms. The first kappa shape index (κ1) is 10.6. The fraction of sp³-hybridized carbons (Fsp3) is 0.538. The predicted molar refractivity (Wildman–Crippen MR) is 58.4 cm³/mol. The molecule has 0 bridgehead atoms. The molecule has 1 fully saturated rings. The Morgan fingerprint density at radius 1 is 1.40 bits per heavy atom. The van der Waals surface area contributed by atoms with Gasteiger partial charge in [0.25, 0.3) is 0 Å². The highest BCUT2D eigenvalue weighted by molar-refractivity contribution is 5.30. The molecule has 0 aromatic heterocycles. The maximum Gasteiger partial charge on any atom is 0.132 e. The highest BCUT2D eigenvalue weighted by Crippen LogP contribution is 2.32. The second kappa shape index (κ2) is 4.31. The average Bonchev–Trinajstić information content (AvgIpc) is 2.70. The minimum absolute atomic E-state index is 0.0244. The molecule has 1 aliphatic rings. The molecule has 1 heterocycles. The van der Waals surface area contributed by atoms with Crippen molar-refractivity contribution in [3.8, 4) is 0 Å². The second-order valence-electron chi connectivity index (χ2n) is 4.41. The van der Waals surface area contributed by atoms with E-state index in [4.69, 9.17) is 4.74 Å². The smallest absolute Gasteiger partial charge is 0.132 e. The number of hydrogen-bond donors (Lipinski definition) is 0. The molecule has 82 valence electrons. The molecule has 1 unspecified atom stereocenters. The van der Waals surface area contributed by atoms with E-state index in [-0.39, 0.29) is 17.8 Å². The summed E-state index contributed by atoms with van der Waals surface area (Å²) in [6, 6.07) is 5.63. The number of rotatable bonds is 2. The third kappa shape index (κ3) is 2.05. The molecule has 0 spiro atoms. The molecule has 2 rings (SSSR count). The Morgan fingerprint density at radius 3 is 2.80 bits per heavy atom. The van der Waals surface area contributed by atoms with Crippen LogP contribution in [-0.2, 0) is 4.74 Å². The van der Waals surface area contributed by atoms with Crippen molar-refractivity contribution in [3.63, 3.8) is 0 Å². The van der Waals surface area contributed by atoms with Crippen LogP contribution in [0, 0.1) is 5.82 Å². The lowest BCUT2D eigenvalue weighted by Gasteiger charge is -2.15. The third-order valence-electron chi connectivity index (χ3n) is 2.96. The summed E-state index contributed by atoms with van der Waals surface area (Å²) in [5.74, 6) is 0.158. The average molecular weight is 208 g/mol. The Bertz CT molecular complexity index is 340. The Labute approximate surface area is 90.3 Å². The van der Waals surface area contributed by atoms with Crippen molar-refractivity contribution in [3.05, 3.63) is 35.1 Å². The molecule has 0 amide bonds. The van der Waals surface area contributed by atoms with E-state index < -0.39 is 0 Å². The third-order valence-corrected chi connectivity index (χ3v) is 2.96. The first-order valence-electron chi connectivity index (χ1n) is 5.60. The van der Waals surface area contributed by atoms with Gasteiger partial charge in [0.2, 0.25) is 0 Å². The van der Waals surface area contributed by atoms with E-state index in [9.17, 15) is 4.39 Å². The number of ether oxygens (including phenoxy) is 1. The van der Waals surface area contributed by atoms with Crippen LogP contribution in [0.25, 0.3) is 0 Å². The van der Waals surface area contributed by atoms with Gasteiger partial charge in [0.15, 0.2) is 0 Å². The second-order valence-corrected chi connectivity index (χ2v) is 4.41.